The molecule has 25 heavy (non-hydrogen) atoms. The van der Waals surface area contributed by atoms with Crippen LogP contribution in [0.2, 0.25) is 0 Å². The largest absolute Gasteiger partial charge is 0.489 e. The molecule has 2 heterocycles. The summed E-state index contributed by atoms with van der Waals surface area (Å²) in [6.07, 6.45) is 9.23. The molecule has 0 saturated carbocycles. The van der Waals surface area contributed by atoms with Gasteiger partial charge in [-0.25, -0.2) is 9.97 Å². The van der Waals surface area contributed by atoms with E-state index < -0.39 is 0 Å². The Hall–Kier alpha value is -3.18. The van der Waals surface area contributed by atoms with E-state index in [-0.39, 0.29) is 5.95 Å². The lowest BCUT2D eigenvalue weighted by atomic mass is 10.1. The molecule has 1 aliphatic rings. The Bertz CT molecular complexity index is 895. The molecule has 2 aromatic rings. The maximum absolute atomic E-state index is 5.81. The van der Waals surface area contributed by atoms with Gasteiger partial charge in [0.25, 0.3) is 0 Å². The van der Waals surface area contributed by atoms with Crippen molar-refractivity contribution in [3.05, 3.63) is 64.8 Å². The van der Waals surface area contributed by atoms with Crippen LogP contribution in [-0.4, -0.2) is 31.8 Å². The predicted molar refractivity (Wildman–Crippen MR) is 95.0 cm³/mol. The zero-order valence-electron chi connectivity index (χ0n) is 14.5. The minimum Gasteiger partial charge on any atom is -0.489 e. The van der Waals surface area contributed by atoms with Gasteiger partial charge in [-0.15, -0.1) is 5.10 Å². The molecule has 0 aromatic carbocycles. The summed E-state index contributed by atoms with van der Waals surface area (Å²) in [6, 6.07) is 1.87. The molecule has 0 unspecified atom stereocenters. The number of ether oxygens (including phenoxy) is 1. The molecule has 3 rings (SSSR count). The third kappa shape index (κ3) is 4.02. The number of aryl methyl sites for hydroxylation is 3. The molecule has 0 spiro atoms. The van der Waals surface area contributed by atoms with Crippen LogP contribution < -0.4 is 5.73 Å². The lowest BCUT2D eigenvalue weighted by Crippen LogP contribution is -2.08. The molecule has 0 radical (unpaired) electrons. The number of allylic oxidation sites excluding steroid dienone is 4. The highest BCUT2D eigenvalue weighted by Gasteiger charge is 2.12. The Morgan fingerprint density at radius 1 is 1.16 bits per heavy atom. The van der Waals surface area contributed by atoms with Crippen LogP contribution in [0.5, 0.6) is 0 Å². The molecule has 2 N–H and O–H groups in total. The molecule has 7 nitrogen and oxygen atoms in total. The number of hydrogen-bond acceptors (Lipinski definition) is 6. The van der Waals surface area contributed by atoms with E-state index in [1.54, 1.807) is 11.8 Å². The number of nitrogens with two attached hydrogens (primary N) is 1. The molecule has 0 aliphatic heterocycles. The molecule has 0 atom stereocenters. The van der Waals surface area contributed by atoms with Crippen LogP contribution in [0, 0.1) is 13.8 Å². The summed E-state index contributed by atoms with van der Waals surface area (Å²) in [5.41, 5.74) is 10.9. The predicted octanol–water partition coefficient (Wildman–Crippen LogP) is 2.37. The van der Waals surface area contributed by atoms with Gasteiger partial charge < -0.3 is 10.5 Å². The van der Waals surface area contributed by atoms with Gasteiger partial charge >= 0.3 is 0 Å². The fourth-order valence-electron chi connectivity index (χ4n) is 2.58. The van der Waals surface area contributed by atoms with Crippen LogP contribution in [0.25, 0.3) is 5.82 Å². The molecule has 1 aliphatic carbocycles. The van der Waals surface area contributed by atoms with Crippen molar-refractivity contribution in [2.45, 2.75) is 26.7 Å². The Balaban J connectivity index is 1.81. The zero-order valence-corrected chi connectivity index (χ0v) is 14.5. The molecule has 0 fully saturated rings. The molecule has 0 saturated heterocycles. The van der Waals surface area contributed by atoms with E-state index >= 15 is 0 Å². The van der Waals surface area contributed by atoms with Gasteiger partial charge in [-0.05, 0) is 38.0 Å². The Kier molecular flexibility index (Phi) is 4.77. The quantitative estimate of drug-likeness (QED) is 0.843. The normalized spacial score (nSPS) is 13.4. The first-order valence-electron chi connectivity index (χ1n) is 7.97. The van der Waals surface area contributed by atoms with Crippen molar-refractivity contribution in [3.63, 3.8) is 0 Å². The standard InChI is InChI=1S/C18H20N6O/c1-12-11-17(21-13(2)20-12)24-16(22-18(19)23-24)10-8-14-5-4-6-15(25-3)9-7-14/h4-5,7,9,11H,8,10H2,1-3H3,(H2,19,23). The van der Waals surface area contributed by atoms with Crippen LogP contribution in [0.15, 0.2) is 47.4 Å². The number of rotatable bonds is 5. The Morgan fingerprint density at radius 3 is 2.76 bits per heavy atom. The summed E-state index contributed by atoms with van der Waals surface area (Å²) in [5, 5.41) is 4.28. The molecular formula is C18H20N6O. The Labute approximate surface area is 146 Å². The fraction of sp³-hybridized carbons (Fsp3) is 0.278. The van der Waals surface area contributed by atoms with Crippen LogP contribution in [0.4, 0.5) is 5.95 Å². The second kappa shape index (κ2) is 7.15. The van der Waals surface area contributed by atoms with Crippen LogP contribution >= 0.6 is 0 Å². The molecule has 2 aromatic heterocycles. The number of nitrogens with zero attached hydrogens (tertiary/aromatic N) is 5. The zero-order chi connectivity index (χ0) is 17.8. The van der Waals surface area contributed by atoms with E-state index in [0.29, 0.717) is 23.8 Å². The summed E-state index contributed by atoms with van der Waals surface area (Å²) in [4.78, 5) is 13.1. The lowest BCUT2D eigenvalue weighted by Gasteiger charge is -2.07. The number of hydrogen-bond donors (Lipinski definition) is 1. The monoisotopic (exact) mass is 336 g/mol. The van der Waals surface area contributed by atoms with Crippen molar-refractivity contribution in [2.75, 3.05) is 12.8 Å². The smallest absolute Gasteiger partial charge is 0.240 e. The number of methoxy groups -OCH3 is 1. The van der Waals surface area contributed by atoms with Gasteiger partial charge in [0, 0.05) is 18.2 Å². The van der Waals surface area contributed by atoms with E-state index in [1.165, 1.54) is 0 Å². The second-order valence-electron chi connectivity index (χ2n) is 5.67. The van der Waals surface area contributed by atoms with Crippen LogP contribution in [-0.2, 0) is 11.2 Å². The van der Waals surface area contributed by atoms with Crippen LogP contribution in [0.3, 0.4) is 0 Å². The summed E-state index contributed by atoms with van der Waals surface area (Å²) >= 11 is 0. The van der Waals surface area contributed by atoms with Gasteiger partial charge in [-0.1, -0.05) is 17.9 Å². The van der Waals surface area contributed by atoms with E-state index in [2.05, 4.69) is 25.8 Å². The summed E-state index contributed by atoms with van der Waals surface area (Å²) in [7, 11) is 1.63. The van der Waals surface area contributed by atoms with Gasteiger partial charge in [-0.3, -0.25) is 0 Å². The third-order valence-corrected chi connectivity index (χ3v) is 3.69. The lowest BCUT2D eigenvalue weighted by molar-refractivity contribution is 0.308. The van der Waals surface area contributed by atoms with Gasteiger partial charge in [0.15, 0.2) is 11.6 Å². The SMILES string of the molecule is COC1=C=CC=C(CCc2nc(N)nn2-c2cc(C)nc(C)n2)C=C1. The minimum absolute atomic E-state index is 0.234. The first kappa shape index (κ1) is 16.7. The van der Waals surface area contributed by atoms with E-state index in [0.717, 1.165) is 23.5 Å². The summed E-state index contributed by atoms with van der Waals surface area (Å²) in [5.74, 6) is 3.06. The molecule has 128 valence electrons. The number of anilines is 1. The molecule has 0 bridgehead atoms. The second-order valence-corrected chi connectivity index (χ2v) is 5.67. The van der Waals surface area contributed by atoms with Crippen molar-refractivity contribution in [2.24, 2.45) is 0 Å². The van der Waals surface area contributed by atoms with E-state index in [1.807, 2.05) is 44.2 Å². The summed E-state index contributed by atoms with van der Waals surface area (Å²) in [6.45, 7) is 3.77. The fourth-order valence-corrected chi connectivity index (χ4v) is 2.58. The average Bonchev–Trinajstić information content (AvgIpc) is 2.79. The van der Waals surface area contributed by atoms with E-state index in [9.17, 15) is 0 Å². The van der Waals surface area contributed by atoms with Gasteiger partial charge in [0.1, 0.15) is 11.6 Å². The van der Waals surface area contributed by atoms with Crippen molar-refractivity contribution in [3.8, 4) is 5.82 Å². The third-order valence-electron chi connectivity index (χ3n) is 3.69. The average molecular weight is 336 g/mol. The number of nitrogen functional groups attached to an aromatic ring is 1. The van der Waals surface area contributed by atoms with Crippen molar-refractivity contribution < 1.29 is 4.74 Å². The maximum atomic E-state index is 5.81. The minimum atomic E-state index is 0.234. The topological polar surface area (TPSA) is 91.7 Å². The molecular weight excluding hydrogens is 316 g/mol. The van der Waals surface area contributed by atoms with Gasteiger partial charge in [0.05, 0.1) is 7.11 Å². The number of aromatic nitrogens is 5. The van der Waals surface area contributed by atoms with E-state index in [4.69, 9.17) is 10.5 Å². The van der Waals surface area contributed by atoms with Crippen molar-refractivity contribution in [1.29, 1.82) is 0 Å². The first-order valence-corrected chi connectivity index (χ1v) is 7.97. The van der Waals surface area contributed by atoms with Gasteiger partial charge in [-0.2, -0.15) is 9.67 Å². The highest BCUT2D eigenvalue weighted by atomic mass is 16.5. The Morgan fingerprint density at radius 2 is 2.00 bits per heavy atom. The first-order chi connectivity index (χ1) is 12.0. The molecule has 0 amide bonds. The van der Waals surface area contributed by atoms with Crippen LogP contribution in [0.1, 0.15) is 23.8 Å². The summed E-state index contributed by atoms with van der Waals surface area (Å²) < 4.78 is 6.87. The molecule has 7 heteroatoms. The van der Waals surface area contributed by atoms with Crippen molar-refractivity contribution >= 4 is 5.95 Å². The highest BCUT2D eigenvalue weighted by Crippen LogP contribution is 2.16. The maximum Gasteiger partial charge on any atom is 0.240 e. The van der Waals surface area contributed by atoms with Gasteiger partial charge in [0.2, 0.25) is 5.95 Å². The van der Waals surface area contributed by atoms with Crippen molar-refractivity contribution in [1.82, 2.24) is 24.7 Å². The highest BCUT2D eigenvalue weighted by molar-refractivity contribution is 5.33.